The number of hydrogen-bond donors (Lipinski definition) is 6. The normalized spacial score (nSPS) is 35.4. The standard InChI is InChI=1S/C12H17N3O7/c13-2-5(17)14-3-6(18)15-12(11(21)22)1-4(16)7-8(9(7)12)10(19)20/h4,7-9,16H,1-3,13H2,(H,14,17)(H,15,18)(H,19,20)(H,21,22). The van der Waals surface area contributed by atoms with E-state index in [0.717, 1.165) is 0 Å². The van der Waals surface area contributed by atoms with E-state index in [0.29, 0.717) is 0 Å². The second kappa shape index (κ2) is 5.54. The Labute approximate surface area is 124 Å². The van der Waals surface area contributed by atoms with Crippen molar-refractivity contribution in [3.63, 3.8) is 0 Å². The summed E-state index contributed by atoms with van der Waals surface area (Å²) in [4.78, 5) is 45.5. The SMILES string of the molecule is NCC(=O)NCC(=O)NC1(C(=O)O)CC(O)C2C(C(=O)O)C21. The summed E-state index contributed by atoms with van der Waals surface area (Å²) in [6, 6.07) is 0. The summed E-state index contributed by atoms with van der Waals surface area (Å²) in [5.74, 6) is -6.53. The number of carbonyl (C=O) groups is 4. The van der Waals surface area contributed by atoms with Gasteiger partial charge >= 0.3 is 11.9 Å². The van der Waals surface area contributed by atoms with Crippen LogP contribution < -0.4 is 16.4 Å². The number of aliphatic hydroxyl groups excluding tert-OH is 1. The molecule has 122 valence electrons. The van der Waals surface area contributed by atoms with E-state index >= 15 is 0 Å². The fourth-order valence-corrected chi connectivity index (χ4v) is 3.33. The van der Waals surface area contributed by atoms with Crippen molar-refractivity contribution in [2.75, 3.05) is 13.1 Å². The molecule has 0 spiro atoms. The van der Waals surface area contributed by atoms with Crippen LogP contribution in [-0.4, -0.2) is 63.8 Å². The molecule has 2 rings (SSSR count). The number of rotatable bonds is 6. The van der Waals surface area contributed by atoms with Gasteiger partial charge in [-0.25, -0.2) is 4.79 Å². The lowest BCUT2D eigenvalue weighted by Gasteiger charge is -2.29. The summed E-state index contributed by atoms with van der Waals surface area (Å²) in [7, 11) is 0. The van der Waals surface area contributed by atoms with Crippen LogP contribution in [0.1, 0.15) is 6.42 Å². The van der Waals surface area contributed by atoms with Crippen LogP contribution in [-0.2, 0) is 19.2 Å². The third kappa shape index (κ3) is 2.50. The number of nitrogens with two attached hydrogens (primary N) is 1. The van der Waals surface area contributed by atoms with Crippen LogP contribution in [0.4, 0.5) is 0 Å². The second-order valence-electron chi connectivity index (χ2n) is 5.54. The molecule has 10 heteroatoms. The van der Waals surface area contributed by atoms with Gasteiger partial charge in [-0.1, -0.05) is 0 Å². The number of amides is 2. The number of hydrogen-bond acceptors (Lipinski definition) is 6. The molecule has 0 heterocycles. The Bertz CT molecular complexity index is 537. The van der Waals surface area contributed by atoms with Gasteiger partial charge in [0.1, 0.15) is 5.54 Å². The van der Waals surface area contributed by atoms with E-state index in [1.54, 1.807) is 0 Å². The average molecular weight is 315 g/mol. The van der Waals surface area contributed by atoms with Gasteiger partial charge in [-0.3, -0.25) is 14.4 Å². The molecular formula is C12H17N3O7. The molecule has 0 aliphatic heterocycles. The molecule has 2 aliphatic carbocycles. The van der Waals surface area contributed by atoms with Gasteiger partial charge in [0.05, 0.1) is 25.1 Å². The van der Waals surface area contributed by atoms with E-state index in [1.807, 2.05) is 0 Å². The molecule has 5 atom stereocenters. The Balaban J connectivity index is 2.10. The topological polar surface area (TPSA) is 179 Å². The van der Waals surface area contributed by atoms with Crippen molar-refractivity contribution < 1.29 is 34.5 Å². The van der Waals surface area contributed by atoms with Crippen molar-refractivity contribution in [2.45, 2.75) is 18.1 Å². The monoisotopic (exact) mass is 315 g/mol. The van der Waals surface area contributed by atoms with Crippen LogP contribution in [0, 0.1) is 17.8 Å². The first kappa shape index (κ1) is 16.2. The van der Waals surface area contributed by atoms with Crippen LogP contribution >= 0.6 is 0 Å². The summed E-state index contributed by atoms with van der Waals surface area (Å²) in [6.07, 6.45) is -1.38. The minimum absolute atomic E-state index is 0.266. The van der Waals surface area contributed by atoms with Gasteiger partial charge < -0.3 is 31.7 Å². The van der Waals surface area contributed by atoms with Crippen LogP contribution in [0.5, 0.6) is 0 Å². The van der Waals surface area contributed by atoms with E-state index in [2.05, 4.69) is 10.6 Å². The van der Waals surface area contributed by atoms with E-state index in [-0.39, 0.29) is 13.0 Å². The lowest BCUT2D eigenvalue weighted by atomic mass is 9.89. The van der Waals surface area contributed by atoms with Gasteiger partial charge in [-0.05, 0) is 0 Å². The van der Waals surface area contributed by atoms with Gasteiger partial charge in [0.15, 0.2) is 0 Å². The molecule has 7 N–H and O–H groups in total. The summed E-state index contributed by atoms with van der Waals surface area (Å²) < 4.78 is 0. The van der Waals surface area contributed by atoms with Crippen LogP contribution in [0.3, 0.4) is 0 Å². The molecular weight excluding hydrogens is 298 g/mol. The molecule has 2 aliphatic rings. The first-order valence-corrected chi connectivity index (χ1v) is 6.66. The number of carboxylic acids is 2. The highest BCUT2D eigenvalue weighted by atomic mass is 16.4. The second-order valence-corrected chi connectivity index (χ2v) is 5.54. The number of carbonyl (C=O) groups excluding carboxylic acids is 2. The predicted molar refractivity (Wildman–Crippen MR) is 69.3 cm³/mol. The van der Waals surface area contributed by atoms with E-state index < -0.39 is 59.7 Å². The summed E-state index contributed by atoms with van der Waals surface area (Å²) in [6.45, 7) is -0.794. The Morgan fingerprint density at radius 1 is 1.18 bits per heavy atom. The number of fused-ring (bicyclic) bond motifs is 1. The Kier molecular flexibility index (Phi) is 4.07. The molecule has 10 nitrogen and oxygen atoms in total. The predicted octanol–water partition coefficient (Wildman–Crippen LogP) is -3.29. The number of nitrogens with one attached hydrogen (secondary N) is 2. The van der Waals surface area contributed by atoms with Crippen LogP contribution in [0.25, 0.3) is 0 Å². The Hall–Kier alpha value is -2.20. The third-order valence-electron chi connectivity index (χ3n) is 4.28. The van der Waals surface area contributed by atoms with Gasteiger partial charge in [-0.2, -0.15) is 0 Å². The largest absolute Gasteiger partial charge is 0.481 e. The van der Waals surface area contributed by atoms with E-state index in [4.69, 9.17) is 10.8 Å². The summed E-state index contributed by atoms with van der Waals surface area (Å²) in [5, 5.41) is 32.8. The molecule has 0 radical (unpaired) electrons. The van der Waals surface area contributed by atoms with Crippen molar-refractivity contribution in [1.29, 1.82) is 0 Å². The highest BCUT2D eigenvalue weighted by Gasteiger charge is 2.75. The zero-order chi connectivity index (χ0) is 16.7. The van der Waals surface area contributed by atoms with Crippen LogP contribution in [0.15, 0.2) is 0 Å². The minimum atomic E-state index is -1.84. The minimum Gasteiger partial charge on any atom is -0.481 e. The van der Waals surface area contributed by atoms with Crippen molar-refractivity contribution >= 4 is 23.8 Å². The summed E-state index contributed by atoms with van der Waals surface area (Å²) >= 11 is 0. The molecule has 2 amide bonds. The fourth-order valence-electron chi connectivity index (χ4n) is 3.33. The molecule has 0 bridgehead atoms. The molecule has 2 saturated carbocycles. The van der Waals surface area contributed by atoms with Crippen LogP contribution in [0.2, 0.25) is 0 Å². The molecule has 5 unspecified atom stereocenters. The molecule has 0 aromatic heterocycles. The average Bonchev–Trinajstić information content (AvgIpc) is 3.13. The van der Waals surface area contributed by atoms with Crippen molar-refractivity contribution in [2.24, 2.45) is 23.5 Å². The molecule has 0 aromatic rings. The molecule has 0 aromatic carbocycles. The van der Waals surface area contributed by atoms with Crippen molar-refractivity contribution in [1.82, 2.24) is 10.6 Å². The van der Waals surface area contributed by atoms with Crippen molar-refractivity contribution in [3.05, 3.63) is 0 Å². The van der Waals surface area contributed by atoms with E-state index in [9.17, 15) is 29.4 Å². The highest BCUT2D eigenvalue weighted by Crippen LogP contribution is 2.62. The number of carboxylic acid groups (broad SMARTS) is 2. The Morgan fingerprint density at radius 2 is 1.82 bits per heavy atom. The highest BCUT2D eigenvalue weighted by molar-refractivity contribution is 5.92. The lowest BCUT2D eigenvalue weighted by molar-refractivity contribution is -0.150. The third-order valence-corrected chi connectivity index (χ3v) is 4.28. The zero-order valence-electron chi connectivity index (χ0n) is 11.5. The lowest BCUT2D eigenvalue weighted by Crippen LogP contribution is -2.58. The maximum absolute atomic E-state index is 11.8. The number of aliphatic carboxylic acids is 2. The Morgan fingerprint density at radius 3 is 2.27 bits per heavy atom. The smallest absolute Gasteiger partial charge is 0.329 e. The van der Waals surface area contributed by atoms with Gasteiger partial charge in [0.25, 0.3) is 0 Å². The van der Waals surface area contributed by atoms with Gasteiger partial charge in [0, 0.05) is 18.3 Å². The molecule has 22 heavy (non-hydrogen) atoms. The zero-order valence-corrected chi connectivity index (χ0v) is 11.5. The maximum Gasteiger partial charge on any atom is 0.329 e. The summed E-state index contributed by atoms with van der Waals surface area (Å²) in [5.41, 5.74) is 3.22. The quantitative estimate of drug-likeness (QED) is 0.295. The van der Waals surface area contributed by atoms with Gasteiger partial charge in [0.2, 0.25) is 11.8 Å². The molecule has 0 saturated heterocycles. The van der Waals surface area contributed by atoms with Crippen molar-refractivity contribution in [3.8, 4) is 0 Å². The van der Waals surface area contributed by atoms with Gasteiger partial charge in [-0.15, -0.1) is 0 Å². The molecule has 2 fully saturated rings. The van der Waals surface area contributed by atoms with E-state index in [1.165, 1.54) is 0 Å². The first-order valence-electron chi connectivity index (χ1n) is 6.66. The first-order chi connectivity index (χ1) is 10.2. The maximum atomic E-state index is 11.8. The number of aliphatic hydroxyl groups is 1. The fraction of sp³-hybridized carbons (Fsp3) is 0.667.